The fraction of sp³-hybridized carbons (Fsp3) is 0.500. The molecule has 98 valence electrons. The Labute approximate surface area is 107 Å². The molecule has 0 saturated heterocycles. The highest BCUT2D eigenvalue weighted by Crippen LogP contribution is 2.27. The van der Waals surface area contributed by atoms with E-state index < -0.39 is 5.91 Å². The molecular formula is C14H19FN2O. The number of nitrogens with two attached hydrogens (primary N) is 1. The van der Waals surface area contributed by atoms with Crippen molar-refractivity contribution in [2.45, 2.75) is 38.6 Å². The molecule has 4 heteroatoms. The lowest BCUT2D eigenvalue weighted by Gasteiger charge is -2.28. The molecule has 1 saturated carbocycles. The molecule has 0 bridgehead atoms. The predicted octanol–water partition coefficient (Wildman–Crippen LogP) is 2.92. The molecule has 2 atom stereocenters. The molecule has 3 N–H and O–H groups in total. The zero-order chi connectivity index (χ0) is 13.1. The van der Waals surface area contributed by atoms with Gasteiger partial charge >= 0.3 is 0 Å². The van der Waals surface area contributed by atoms with Crippen molar-refractivity contribution in [2.24, 2.45) is 11.7 Å². The standard InChI is InChI=1S/C14H19FN2O/c1-9-3-2-4-11(7-9)17-13-8-10(14(16)18)5-6-12(13)15/h5-6,8-9,11,17H,2-4,7H2,1H3,(H2,16,18). The van der Waals surface area contributed by atoms with Crippen molar-refractivity contribution >= 4 is 11.6 Å². The van der Waals surface area contributed by atoms with E-state index in [2.05, 4.69) is 12.2 Å². The van der Waals surface area contributed by atoms with E-state index in [1.807, 2.05) is 0 Å². The zero-order valence-electron chi connectivity index (χ0n) is 10.6. The largest absolute Gasteiger partial charge is 0.380 e. The van der Waals surface area contributed by atoms with Crippen LogP contribution in [0.4, 0.5) is 10.1 Å². The summed E-state index contributed by atoms with van der Waals surface area (Å²) in [6.07, 6.45) is 4.49. The molecule has 1 amide bonds. The number of rotatable bonds is 3. The van der Waals surface area contributed by atoms with Crippen LogP contribution in [0.5, 0.6) is 0 Å². The number of carbonyl (C=O) groups is 1. The lowest BCUT2D eigenvalue weighted by molar-refractivity contribution is 0.100. The lowest BCUT2D eigenvalue weighted by Crippen LogP contribution is -2.26. The molecule has 0 aromatic heterocycles. The molecule has 1 aromatic carbocycles. The van der Waals surface area contributed by atoms with E-state index in [9.17, 15) is 9.18 Å². The number of anilines is 1. The Bertz CT molecular complexity index is 447. The molecule has 0 spiro atoms. The summed E-state index contributed by atoms with van der Waals surface area (Å²) in [7, 11) is 0. The average molecular weight is 250 g/mol. The summed E-state index contributed by atoms with van der Waals surface area (Å²) < 4.78 is 13.7. The second-order valence-corrected chi connectivity index (χ2v) is 5.17. The minimum atomic E-state index is -0.532. The number of amides is 1. The van der Waals surface area contributed by atoms with E-state index in [-0.39, 0.29) is 11.9 Å². The third kappa shape index (κ3) is 3.00. The van der Waals surface area contributed by atoms with Gasteiger partial charge < -0.3 is 11.1 Å². The molecule has 0 radical (unpaired) electrons. The summed E-state index contributed by atoms with van der Waals surface area (Å²) in [5.41, 5.74) is 5.91. The van der Waals surface area contributed by atoms with Crippen molar-refractivity contribution in [3.05, 3.63) is 29.6 Å². The van der Waals surface area contributed by atoms with Crippen molar-refractivity contribution in [1.82, 2.24) is 0 Å². The molecule has 1 aromatic rings. The van der Waals surface area contributed by atoms with Crippen LogP contribution >= 0.6 is 0 Å². The van der Waals surface area contributed by atoms with Crippen LogP contribution in [-0.4, -0.2) is 11.9 Å². The van der Waals surface area contributed by atoms with Crippen molar-refractivity contribution in [2.75, 3.05) is 5.32 Å². The monoisotopic (exact) mass is 250 g/mol. The van der Waals surface area contributed by atoms with Crippen LogP contribution < -0.4 is 11.1 Å². The summed E-state index contributed by atoms with van der Waals surface area (Å²) >= 11 is 0. The van der Waals surface area contributed by atoms with Gasteiger partial charge in [0.1, 0.15) is 5.82 Å². The quantitative estimate of drug-likeness (QED) is 0.866. The Kier molecular flexibility index (Phi) is 3.84. The van der Waals surface area contributed by atoms with E-state index in [1.165, 1.54) is 24.6 Å². The molecule has 3 nitrogen and oxygen atoms in total. The first kappa shape index (κ1) is 12.9. The second kappa shape index (κ2) is 5.38. The number of nitrogens with one attached hydrogen (secondary N) is 1. The van der Waals surface area contributed by atoms with Gasteiger partial charge in [0.15, 0.2) is 0 Å². The normalized spacial score (nSPS) is 23.7. The maximum absolute atomic E-state index is 13.7. The highest BCUT2D eigenvalue weighted by molar-refractivity contribution is 5.93. The molecule has 0 aliphatic heterocycles. The van der Waals surface area contributed by atoms with Crippen LogP contribution in [0.2, 0.25) is 0 Å². The maximum Gasteiger partial charge on any atom is 0.248 e. The molecular weight excluding hydrogens is 231 g/mol. The summed E-state index contributed by atoms with van der Waals surface area (Å²) in [6, 6.07) is 4.48. The van der Waals surface area contributed by atoms with Crippen LogP contribution in [0.25, 0.3) is 0 Å². The molecule has 1 fully saturated rings. The Morgan fingerprint density at radius 2 is 2.22 bits per heavy atom. The van der Waals surface area contributed by atoms with Gasteiger partial charge in [0.05, 0.1) is 5.69 Å². The Morgan fingerprint density at radius 3 is 2.89 bits per heavy atom. The molecule has 0 heterocycles. The third-order valence-electron chi connectivity index (χ3n) is 3.55. The second-order valence-electron chi connectivity index (χ2n) is 5.17. The molecule has 2 rings (SSSR count). The van der Waals surface area contributed by atoms with Crippen LogP contribution in [0.1, 0.15) is 43.0 Å². The number of primary amides is 1. The van der Waals surface area contributed by atoms with Crippen molar-refractivity contribution in [3.63, 3.8) is 0 Å². The van der Waals surface area contributed by atoms with Gasteiger partial charge in [-0.25, -0.2) is 4.39 Å². The van der Waals surface area contributed by atoms with Gasteiger partial charge in [0.2, 0.25) is 5.91 Å². The number of benzene rings is 1. The van der Waals surface area contributed by atoms with Gasteiger partial charge in [-0.2, -0.15) is 0 Å². The van der Waals surface area contributed by atoms with E-state index in [0.717, 1.165) is 19.3 Å². The third-order valence-corrected chi connectivity index (χ3v) is 3.55. The molecule has 2 unspecified atom stereocenters. The van der Waals surface area contributed by atoms with Gasteiger partial charge in [0, 0.05) is 11.6 Å². The first-order valence-electron chi connectivity index (χ1n) is 6.42. The Morgan fingerprint density at radius 1 is 1.44 bits per heavy atom. The minimum Gasteiger partial charge on any atom is -0.380 e. The van der Waals surface area contributed by atoms with Gasteiger partial charge in [-0.3, -0.25) is 4.79 Å². The molecule has 1 aliphatic rings. The molecule has 18 heavy (non-hydrogen) atoms. The lowest BCUT2D eigenvalue weighted by atomic mass is 9.87. The summed E-state index contributed by atoms with van der Waals surface area (Å²) in [5.74, 6) is -0.202. The number of halogens is 1. The topological polar surface area (TPSA) is 55.1 Å². The average Bonchev–Trinajstić information content (AvgIpc) is 2.31. The van der Waals surface area contributed by atoms with Crippen molar-refractivity contribution in [3.8, 4) is 0 Å². The number of hydrogen-bond donors (Lipinski definition) is 2. The van der Waals surface area contributed by atoms with Crippen LogP contribution in [0.3, 0.4) is 0 Å². The van der Waals surface area contributed by atoms with Crippen molar-refractivity contribution < 1.29 is 9.18 Å². The van der Waals surface area contributed by atoms with Crippen LogP contribution in [0.15, 0.2) is 18.2 Å². The number of hydrogen-bond acceptors (Lipinski definition) is 2. The maximum atomic E-state index is 13.7. The van der Waals surface area contributed by atoms with Crippen LogP contribution in [-0.2, 0) is 0 Å². The first-order valence-corrected chi connectivity index (χ1v) is 6.42. The molecule has 1 aliphatic carbocycles. The Balaban J connectivity index is 2.12. The van der Waals surface area contributed by atoms with E-state index in [1.54, 1.807) is 0 Å². The van der Waals surface area contributed by atoms with E-state index >= 15 is 0 Å². The summed E-state index contributed by atoms with van der Waals surface area (Å²) in [5, 5.41) is 3.19. The van der Waals surface area contributed by atoms with Crippen LogP contribution in [0, 0.1) is 11.7 Å². The minimum absolute atomic E-state index is 0.284. The first-order chi connectivity index (χ1) is 8.56. The van der Waals surface area contributed by atoms with Gasteiger partial charge in [0.25, 0.3) is 0 Å². The highest BCUT2D eigenvalue weighted by Gasteiger charge is 2.19. The fourth-order valence-corrected chi connectivity index (χ4v) is 2.57. The zero-order valence-corrected chi connectivity index (χ0v) is 10.6. The highest BCUT2D eigenvalue weighted by atomic mass is 19.1. The van der Waals surface area contributed by atoms with Gasteiger partial charge in [-0.15, -0.1) is 0 Å². The van der Waals surface area contributed by atoms with Gasteiger partial charge in [-0.05, 0) is 37.0 Å². The predicted molar refractivity (Wildman–Crippen MR) is 70.0 cm³/mol. The fourth-order valence-electron chi connectivity index (χ4n) is 2.57. The van der Waals surface area contributed by atoms with E-state index in [0.29, 0.717) is 17.2 Å². The van der Waals surface area contributed by atoms with Gasteiger partial charge in [-0.1, -0.05) is 19.8 Å². The van der Waals surface area contributed by atoms with Crippen molar-refractivity contribution in [1.29, 1.82) is 0 Å². The smallest absolute Gasteiger partial charge is 0.248 e. The summed E-state index contributed by atoms with van der Waals surface area (Å²) in [6.45, 7) is 2.21. The summed E-state index contributed by atoms with van der Waals surface area (Å²) in [4.78, 5) is 11.1. The number of carbonyl (C=O) groups excluding carboxylic acids is 1. The van der Waals surface area contributed by atoms with E-state index in [4.69, 9.17) is 5.73 Å². The SMILES string of the molecule is CC1CCCC(Nc2cc(C(N)=O)ccc2F)C1. The Hall–Kier alpha value is -1.58.